The van der Waals surface area contributed by atoms with Crippen LogP contribution in [0.1, 0.15) is 27.3 Å². The van der Waals surface area contributed by atoms with Crippen LogP contribution in [0.15, 0.2) is 18.2 Å². The number of amides is 1. The summed E-state index contributed by atoms with van der Waals surface area (Å²) >= 11 is 0. The fourth-order valence-corrected chi connectivity index (χ4v) is 2.23. The summed E-state index contributed by atoms with van der Waals surface area (Å²) in [5.41, 5.74) is 2.71. The first-order valence-electron chi connectivity index (χ1n) is 6.66. The zero-order chi connectivity index (χ0) is 16.4. The third kappa shape index (κ3) is 3.24. The summed E-state index contributed by atoms with van der Waals surface area (Å²) in [4.78, 5) is 12.4. The molecule has 1 N–H and O–H groups in total. The molecule has 0 aliphatic carbocycles. The van der Waals surface area contributed by atoms with E-state index in [0.717, 1.165) is 5.56 Å². The summed E-state index contributed by atoms with van der Waals surface area (Å²) in [6.07, 6.45) is 0. The SMILES string of the molecule is Cc1ccc(OC(F)F)c(NC(=O)c2c(C)nn(C)c2C)c1. The van der Waals surface area contributed by atoms with Gasteiger partial charge in [0.2, 0.25) is 0 Å². The molecule has 7 heteroatoms. The maximum atomic E-state index is 12.4. The minimum absolute atomic E-state index is 0.0758. The number of carbonyl (C=O) groups is 1. The first kappa shape index (κ1) is 15.9. The topological polar surface area (TPSA) is 56.1 Å². The Morgan fingerprint density at radius 1 is 1.32 bits per heavy atom. The second-order valence-corrected chi connectivity index (χ2v) is 5.00. The number of ether oxygens (including phenoxy) is 1. The lowest BCUT2D eigenvalue weighted by Gasteiger charge is -2.13. The Labute approximate surface area is 126 Å². The Kier molecular flexibility index (Phi) is 4.44. The predicted octanol–water partition coefficient (Wildman–Crippen LogP) is 3.20. The highest BCUT2D eigenvalue weighted by Gasteiger charge is 2.19. The van der Waals surface area contributed by atoms with Gasteiger partial charge in [0, 0.05) is 12.7 Å². The lowest BCUT2D eigenvalue weighted by atomic mass is 10.1. The van der Waals surface area contributed by atoms with Gasteiger partial charge in [0.25, 0.3) is 5.91 Å². The fraction of sp³-hybridized carbons (Fsp3) is 0.333. The van der Waals surface area contributed by atoms with Crippen LogP contribution in [0.2, 0.25) is 0 Å². The normalized spacial score (nSPS) is 10.9. The molecule has 1 heterocycles. The zero-order valence-electron chi connectivity index (χ0n) is 12.8. The molecule has 0 fully saturated rings. The molecule has 0 atom stereocenters. The van der Waals surface area contributed by atoms with E-state index < -0.39 is 12.5 Å². The van der Waals surface area contributed by atoms with Gasteiger partial charge in [-0.2, -0.15) is 13.9 Å². The monoisotopic (exact) mass is 309 g/mol. The van der Waals surface area contributed by atoms with Crippen molar-refractivity contribution in [3.8, 4) is 5.75 Å². The summed E-state index contributed by atoms with van der Waals surface area (Å²) in [7, 11) is 1.73. The van der Waals surface area contributed by atoms with Crippen molar-refractivity contribution in [2.45, 2.75) is 27.4 Å². The van der Waals surface area contributed by atoms with Crippen LogP contribution in [0.4, 0.5) is 14.5 Å². The molecule has 0 radical (unpaired) electrons. The van der Waals surface area contributed by atoms with Crippen LogP contribution < -0.4 is 10.1 Å². The lowest BCUT2D eigenvalue weighted by Crippen LogP contribution is -2.15. The van der Waals surface area contributed by atoms with Gasteiger partial charge in [0.1, 0.15) is 5.75 Å². The van der Waals surface area contributed by atoms with Gasteiger partial charge in [-0.3, -0.25) is 9.48 Å². The molecule has 0 saturated carbocycles. The average Bonchev–Trinajstić information content (AvgIpc) is 2.66. The molecule has 118 valence electrons. The Morgan fingerprint density at radius 2 is 2.00 bits per heavy atom. The number of benzene rings is 1. The smallest absolute Gasteiger partial charge is 0.387 e. The largest absolute Gasteiger partial charge is 0.433 e. The Bertz CT molecular complexity index is 711. The molecule has 0 aliphatic rings. The highest BCUT2D eigenvalue weighted by atomic mass is 19.3. The van der Waals surface area contributed by atoms with Crippen molar-refractivity contribution in [2.75, 3.05) is 5.32 Å². The van der Waals surface area contributed by atoms with E-state index in [0.29, 0.717) is 17.0 Å². The molecule has 0 spiro atoms. The Hall–Kier alpha value is -2.44. The third-order valence-electron chi connectivity index (χ3n) is 3.34. The second-order valence-electron chi connectivity index (χ2n) is 5.00. The van der Waals surface area contributed by atoms with Gasteiger partial charge >= 0.3 is 6.61 Å². The molecule has 22 heavy (non-hydrogen) atoms. The first-order valence-corrected chi connectivity index (χ1v) is 6.66. The number of hydrogen-bond donors (Lipinski definition) is 1. The molecule has 1 amide bonds. The summed E-state index contributed by atoms with van der Waals surface area (Å²) in [5, 5.41) is 6.78. The number of nitrogens with zero attached hydrogens (tertiary/aromatic N) is 2. The van der Waals surface area contributed by atoms with Crippen molar-refractivity contribution in [2.24, 2.45) is 7.05 Å². The number of alkyl halides is 2. The van der Waals surface area contributed by atoms with Gasteiger partial charge < -0.3 is 10.1 Å². The van der Waals surface area contributed by atoms with Crippen molar-refractivity contribution >= 4 is 11.6 Å². The Morgan fingerprint density at radius 3 is 2.55 bits per heavy atom. The van der Waals surface area contributed by atoms with Crippen LogP contribution in [0.5, 0.6) is 5.75 Å². The highest BCUT2D eigenvalue weighted by molar-refractivity contribution is 6.06. The van der Waals surface area contributed by atoms with Crippen molar-refractivity contribution < 1.29 is 18.3 Å². The average molecular weight is 309 g/mol. The first-order chi connectivity index (χ1) is 10.3. The number of carbonyl (C=O) groups excluding carboxylic acids is 1. The zero-order valence-corrected chi connectivity index (χ0v) is 12.8. The van der Waals surface area contributed by atoms with E-state index in [-0.39, 0.29) is 11.4 Å². The maximum absolute atomic E-state index is 12.4. The molecular weight excluding hydrogens is 292 g/mol. The van der Waals surface area contributed by atoms with E-state index >= 15 is 0 Å². The minimum Gasteiger partial charge on any atom is -0.433 e. The molecule has 5 nitrogen and oxygen atoms in total. The van der Waals surface area contributed by atoms with E-state index in [9.17, 15) is 13.6 Å². The molecule has 0 aliphatic heterocycles. The quantitative estimate of drug-likeness (QED) is 0.943. The summed E-state index contributed by atoms with van der Waals surface area (Å²) in [5.74, 6) is -0.485. The standard InChI is InChI=1S/C15H17F2N3O2/c1-8-5-6-12(22-15(16)17)11(7-8)18-14(21)13-9(2)19-20(4)10(13)3/h5-7,15H,1-4H3,(H,18,21). The van der Waals surface area contributed by atoms with Crippen molar-refractivity contribution in [3.05, 3.63) is 40.7 Å². The molecule has 1 aromatic carbocycles. The molecule has 2 rings (SSSR count). The van der Waals surface area contributed by atoms with Gasteiger partial charge in [-0.15, -0.1) is 0 Å². The van der Waals surface area contributed by atoms with E-state index in [1.807, 2.05) is 0 Å². The molecule has 0 saturated heterocycles. The van der Waals surface area contributed by atoms with E-state index in [4.69, 9.17) is 0 Å². The van der Waals surface area contributed by atoms with Crippen molar-refractivity contribution in [1.29, 1.82) is 0 Å². The van der Waals surface area contributed by atoms with Gasteiger partial charge in [-0.05, 0) is 38.5 Å². The van der Waals surface area contributed by atoms with Crippen LogP contribution in [0, 0.1) is 20.8 Å². The van der Waals surface area contributed by atoms with E-state index in [1.165, 1.54) is 6.07 Å². The molecule has 0 unspecified atom stereocenters. The van der Waals surface area contributed by atoms with Gasteiger partial charge in [-0.1, -0.05) is 6.07 Å². The van der Waals surface area contributed by atoms with Crippen LogP contribution in [0.25, 0.3) is 0 Å². The second kappa shape index (κ2) is 6.13. The lowest BCUT2D eigenvalue weighted by molar-refractivity contribution is -0.0493. The van der Waals surface area contributed by atoms with E-state index in [1.54, 1.807) is 44.6 Å². The van der Waals surface area contributed by atoms with Gasteiger partial charge in [-0.25, -0.2) is 0 Å². The third-order valence-corrected chi connectivity index (χ3v) is 3.34. The van der Waals surface area contributed by atoms with Crippen LogP contribution >= 0.6 is 0 Å². The molecule has 1 aromatic heterocycles. The number of anilines is 1. The highest BCUT2D eigenvalue weighted by Crippen LogP contribution is 2.28. The minimum atomic E-state index is -2.96. The summed E-state index contributed by atoms with van der Waals surface area (Å²) < 4.78 is 30.9. The number of rotatable bonds is 4. The van der Waals surface area contributed by atoms with Crippen molar-refractivity contribution in [1.82, 2.24) is 9.78 Å². The van der Waals surface area contributed by atoms with Crippen molar-refractivity contribution in [3.63, 3.8) is 0 Å². The number of nitrogens with one attached hydrogen (secondary N) is 1. The molecule has 0 bridgehead atoms. The number of halogens is 2. The number of hydrogen-bond acceptors (Lipinski definition) is 3. The predicted molar refractivity (Wildman–Crippen MR) is 78.4 cm³/mol. The molecule has 2 aromatic rings. The maximum Gasteiger partial charge on any atom is 0.387 e. The van der Waals surface area contributed by atoms with Gasteiger partial charge in [0.05, 0.1) is 16.9 Å². The number of aryl methyl sites for hydroxylation is 3. The van der Waals surface area contributed by atoms with Gasteiger partial charge in [0.15, 0.2) is 0 Å². The molecular formula is C15H17F2N3O2. The van der Waals surface area contributed by atoms with E-state index in [2.05, 4.69) is 15.2 Å². The summed E-state index contributed by atoms with van der Waals surface area (Å²) in [6, 6.07) is 4.62. The van der Waals surface area contributed by atoms with Crippen LogP contribution in [-0.2, 0) is 7.05 Å². The number of aromatic nitrogens is 2. The summed E-state index contributed by atoms with van der Waals surface area (Å²) in [6.45, 7) is 2.32. The Balaban J connectivity index is 2.33. The van der Waals surface area contributed by atoms with Crippen LogP contribution in [0.3, 0.4) is 0 Å². The fourth-order valence-electron chi connectivity index (χ4n) is 2.23. The van der Waals surface area contributed by atoms with Crippen LogP contribution in [-0.4, -0.2) is 22.3 Å².